The summed E-state index contributed by atoms with van der Waals surface area (Å²) in [6, 6.07) is 7.63. The predicted molar refractivity (Wildman–Crippen MR) is 63.4 cm³/mol. The molecule has 0 aliphatic rings. The summed E-state index contributed by atoms with van der Waals surface area (Å²) in [7, 11) is 0. The first-order valence-electron chi connectivity index (χ1n) is 5.08. The number of rotatable bonds is 4. The van der Waals surface area contributed by atoms with Crippen LogP contribution in [-0.4, -0.2) is 22.8 Å². The third-order valence-electron chi connectivity index (χ3n) is 2.36. The van der Waals surface area contributed by atoms with E-state index in [1.165, 1.54) is 0 Å². The zero-order chi connectivity index (χ0) is 11.4. The molecule has 1 unspecified atom stereocenters. The molecule has 0 fully saturated rings. The van der Waals surface area contributed by atoms with Crippen LogP contribution in [0.3, 0.4) is 0 Å². The Morgan fingerprint density at radius 1 is 1.44 bits per heavy atom. The summed E-state index contributed by atoms with van der Waals surface area (Å²) in [5, 5.41) is 11.0. The van der Waals surface area contributed by atoms with Crippen molar-refractivity contribution >= 4 is 10.8 Å². The highest BCUT2D eigenvalue weighted by Crippen LogP contribution is 2.25. The Kier molecular flexibility index (Phi) is 3.17. The average molecular weight is 215 g/mol. The lowest BCUT2D eigenvalue weighted by molar-refractivity contribution is 0.151. The quantitative estimate of drug-likeness (QED) is 0.795. The summed E-state index contributed by atoms with van der Waals surface area (Å²) >= 11 is 0. The van der Waals surface area contributed by atoms with Gasteiger partial charge in [-0.05, 0) is 18.2 Å². The van der Waals surface area contributed by atoms with E-state index in [2.05, 4.69) is 11.6 Å². The van der Waals surface area contributed by atoms with Gasteiger partial charge in [-0.15, -0.1) is 0 Å². The highest BCUT2D eigenvalue weighted by molar-refractivity contribution is 5.87. The molecular weight excluding hydrogens is 202 g/mol. The largest absolute Gasteiger partial charge is 0.483 e. The third-order valence-corrected chi connectivity index (χ3v) is 2.36. The maximum Gasteiger partial charge on any atom is 0.140 e. The number of fused-ring (bicyclic) bond motifs is 1. The van der Waals surface area contributed by atoms with Crippen molar-refractivity contribution in [1.82, 2.24) is 4.98 Å². The van der Waals surface area contributed by atoms with Crippen molar-refractivity contribution in [2.24, 2.45) is 0 Å². The summed E-state index contributed by atoms with van der Waals surface area (Å²) in [6.07, 6.45) is 4.71. The van der Waals surface area contributed by atoms with Crippen molar-refractivity contribution in [1.29, 1.82) is 0 Å². The van der Waals surface area contributed by atoms with Gasteiger partial charge in [0.1, 0.15) is 11.9 Å². The molecular formula is C13H13NO2. The lowest BCUT2D eigenvalue weighted by Crippen LogP contribution is -2.17. The molecule has 0 aliphatic carbocycles. The van der Waals surface area contributed by atoms with Crippen LogP contribution in [-0.2, 0) is 0 Å². The molecule has 2 rings (SSSR count). The molecule has 0 saturated carbocycles. The van der Waals surface area contributed by atoms with Crippen LogP contribution in [0, 0.1) is 0 Å². The minimum absolute atomic E-state index is 0.0784. The van der Waals surface area contributed by atoms with E-state index in [4.69, 9.17) is 9.84 Å². The van der Waals surface area contributed by atoms with Crippen molar-refractivity contribution in [3.8, 4) is 5.75 Å². The standard InChI is InChI=1S/C13H13NO2/c1-2-11(9-15)16-13-5-3-4-10-8-14-7-6-12(10)13/h2-8,11,15H,1,9H2. The molecule has 2 aromatic rings. The first-order valence-corrected chi connectivity index (χ1v) is 5.08. The Bertz CT molecular complexity index is 491. The van der Waals surface area contributed by atoms with E-state index in [1.807, 2.05) is 24.3 Å². The van der Waals surface area contributed by atoms with Crippen LogP contribution >= 0.6 is 0 Å². The van der Waals surface area contributed by atoms with Gasteiger partial charge >= 0.3 is 0 Å². The number of hydrogen-bond acceptors (Lipinski definition) is 3. The van der Waals surface area contributed by atoms with Crippen molar-refractivity contribution in [3.63, 3.8) is 0 Å². The van der Waals surface area contributed by atoms with Gasteiger partial charge in [-0.1, -0.05) is 18.7 Å². The molecule has 3 nitrogen and oxygen atoms in total. The Morgan fingerprint density at radius 2 is 2.31 bits per heavy atom. The number of ether oxygens (including phenoxy) is 1. The van der Waals surface area contributed by atoms with Crippen LogP contribution in [0.2, 0.25) is 0 Å². The second kappa shape index (κ2) is 4.77. The van der Waals surface area contributed by atoms with E-state index in [0.717, 1.165) is 16.5 Å². The molecule has 82 valence electrons. The number of aliphatic hydroxyl groups excluding tert-OH is 1. The monoisotopic (exact) mass is 215 g/mol. The molecule has 0 spiro atoms. The van der Waals surface area contributed by atoms with Crippen LogP contribution in [0.25, 0.3) is 10.8 Å². The van der Waals surface area contributed by atoms with Crippen LogP contribution in [0.4, 0.5) is 0 Å². The van der Waals surface area contributed by atoms with Crippen LogP contribution in [0.15, 0.2) is 49.3 Å². The van der Waals surface area contributed by atoms with Crippen molar-refractivity contribution in [2.45, 2.75) is 6.10 Å². The van der Waals surface area contributed by atoms with Gasteiger partial charge in [0.2, 0.25) is 0 Å². The molecule has 1 atom stereocenters. The smallest absolute Gasteiger partial charge is 0.140 e. The number of nitrogens with zero attached hydrogens (tertiary/aromatic N) is 1. The van der Waals surface area contributed by atoms with Gasteiger partial charge in [0, 0.05) is 23.2 Å². The molecule has 1 aromatic heterocycles. The van der Waals surface area contributed by atoms with Crippen molar-refractivity contribution in [3.05, 3.63) is 49.3 Å². The molecule has 3 heteroatoms. The molecule has 1 heterocycles. The van der Waals surface area contributed by atoms with E-state index in [9.17, 15) is 0 Å². The molecule has 0 bridgehead atoms. The van der Waals surface area contributed by atoms with Crippen molar-refractivity contribution < 1.29 is 9.84 Å². The SMILES string of the molecule is C=CC(CO)Oc1cccc2cnccc12. The van der Waals surface area contributed by atoms with E-state index >= 15 is 0 Å². The Hall–Kier alpha value is -1.87. The van der Waals surface area contributed by atoms with E-state index in [-0.39, 0.29) is 12.7 Å². The summed E-state index contributed by atoms with van der Waals surface area (Å²) in [4.78, 5) is 4.05. The molecule has 1 N–H and O–H groups in total. The third kappa shape index (κ3) is 2.04. The van der Waals surface area contributed by atoms with Gasteiger partial charge in [0.05, 0.1) is 6.61 Å². The normalized spacial score (nSPS) is 12.3. The first kappa shape index (κ1) is 10.6. The van der Waals surface area contributed by atoms with Crippen LogP contribution in [0.5, 0.6) is 5.75 Å². The predicted octanol–water partition coefficient (Wildman–Crippen LogP) is 2.16. The number of aliphatic hydroxyl groups is 1. The van der Waals surface area contributed by atoms with E-state index in [1.54, 1.807) is 18.5 Å². The Morgan fingerprint density at radius 3 is 3.06 bits per heavy atom. The highest BCUT2D eigenvalue weighted by Gasteiger charge is 2.07. The lowest BCUT2D eigenvalue weighted by atomic mass is 10.1. The van der Waals surface area contributed by atoms with E-state index < -0.39 is 0 Å². The van der Waals surface area contributed by atoms with Gasteiger partial charge < -0.3 is 9.84 Å². The van der Waals surface area contributed by atoms with Gasteiger partial charge in [0.15, 0.2) is 0 Å². The summed E-state index contributed by atoms with van der Waals surface area (Å²) in [5.74, 6) is 0.735. The fourth-order valence-electron chi connectivity index (χ4n) is 1.52. The minimum Gasteiger partial charge on any atom is -0.483 e. The minimum atomic E-state index is -0.376. The maximum absolute atomic E-state index is 9.05. The number of benzene rings is 1. The molecule has 16 heavy (non-hydrogen) atoms. The van der Waals surface area contributed by atoms with Gasteiger partial charge in [-0.3, -0.25) is 4.98 Å². The van der Waals surface area contributed by atoms with Crippen LogP contribution < -0.4 is 4.74 Å². The Balaban J connectivity index is 2.40. The number of hydrogen-bond donors (Lipinski definition) is 1. The Labute approximate surface area is 94.0 Å². The zero-order valence-electron chi connectivity index (χ0n) is 8.84. The molecule has 0 aliphatic heterocycles. The number of aromatic nitrogens is 1. The zero-order valence-corrected chi connectivity index (χ0v) is 8.84. The van der Waals surface area contributed by atoms with Gasteiger partial charge in [-0.25, -0.2) is 0 Å². The second-order valence-corrected chi connectivity index (χ2v) is 3.43. The number of pyridine rings is 1. The molecule has 0 amide bonds. The van der Waals surface area contributed by atoms with Crippen molar-refractivity contribution in [2.75, 3.05) is 6.61 Å². The lowest BCUT2D eigenvalue weighted by Gasteiger charge is -2.14. The molecule has 1 aromatic carbocycles. The average Bonchev–Trinajstić information content (AvgIpc) is 2.36. The van der Waals surface area contributed by atoms with Crippen LogP contribution in [0.1, 0.15) is 0 Å². The highest BCUT2D eigenvalue weighted by atomic mass is 16.5. The summed E-state index contributed by atoms with van der Waals surface area (Å²) in [6.45, 7) is 3.53. The van der Waals surface area contributed by atoms with E-state index in [0.29, 0.717) is 0 Å². The van der Waals surface area contributed by atoms with Gasteiger partial charge in [0.25, 0.3) is 0 Å². The summed E-state index contributed by atoms with van der Waals surface area (Å²) in [5.41, 5.74) is 0. The summed E-state index contributed by atoms with van der Waals surface area (Å²) < 4.78 is 5.63. The first-order chi connectivity index (χ1) is 7.85. The molecule has 0 saturated heterocycles. The van der Waals surface area contributed by atoms with Gasteiger partial charge in [-0.2, -0.15) is 0 Å². The fourth-order valence-corrected chi connectivity index (χ4v) is 1.52. The molecule has 0 radical (unpaired) electrons. The fraction of sp³-hybridized carbons (Fsp3) is 0.154. The topological polar surface area (TPSA) is 42.4 Å². The maximum atomic E-state index is 9.05. The second-order valence-electron chi connectivity index (χ2n) is 3.43.